The van der Waals surface area contributed by atoms with E-state index in [-0.39, 0.29) is 19.0 Å². The smallest absolute Gasteiger partial charge is 0.336 e. The molecule has 6 heteroatoms. The minimum Gasteiger partial charge on any atom is -0.461 e. The lowest BCUT2D eigenvalue weighted by Gasteiger charge is -2.09. The molecule has 0 aliphatic rings. The van der Waals surface area contributed by atoms with E-state index in [2.05, 4.69) is 4.98 Å². The van der Waals surface area contributed by atoms with E-state index in [1.54, 1.807) is 17.4 Å². The molecule has 0 bridgehead atoms. The molecule has 0 saturated carbocycles. The van der Waals surface area contributed by atoms with Gasteiger partial charge in [-0.15, -0.1) is 11.3 Å². The van der Waals surface area contributed by atoms with Gasteiger partial charge in [0, 0.05) is 23.4 Å². The van der Waals surface area contributed by atoms with Gasteiger partial charge in [-0.1, -0.05) is 42.5 Å². The van der Waals surface area contributed by atoms with E-state index in [4.69, 9.17) is 9.15 Å². The Labute approximate surface area is 175 Å². The normalized spacial score (nSPS) is 11.3. The maximum atomic E-state index is 12.3. The highest BCUT2D eigenvalue weighted by Gasteiger charge is 2.13. The average Bonchev–Trinajstić information content (AvgIpc) is 3.18. The van der Waals surface area contributed by atoms with Crippen LogP contribution in [0.15, 0.2) is 75.9 Å². The molecule has 2 heterocycles. The highest BCUT2D eigenvalue weighted by molar-refractivity contribution is 7.18. The van der Waals surface area contributed by atoms with E-state index in [0.717, 1.165) is 31.4 Å². The van der Waals surface area contributed by atoms with Crippen LogP contribution in [0.4, 0.5) is 0 Å². The van der Waals surface area contributed by atoms with Crippen LogP contribution < -0.4 is 5.63 Å². The monoisotopic (exact) mass is 415 g/mol. The average molecular weight is 415 g/mol. The predicted octanol–water partition coefficient (Wildman–Crippen LogP) is 5.23. The van der Waals surface area contributed by atoms with Gasteiger partial charge in [0.05, 0.1) is 21.6 Å². The first kappa shape index (κ1) is 18.5. The molecule has 0 N–H and O–H groups in total. The third kappa shape index (κ3) is 3.57. The van der Waals surface area contributed by atoms with Gasteiger partial charge in [0.1, 0.15) is 12.2 Å². The summed E-state index contributed by atoms with van der Waals surface area (Å²) >= 11 is 1.59. The van der Waals surface area contributed by atoms with E-state index in [9.17, 15) is 9.59 Å². The topological polar surface area (TPSA) is 69.4 Å². The number of aromatic nitrogens is 1. The van der Waals surface area contributed by atoms with Crippen LogP contribution in [0.25, 0.3) is 32.0 Å². The second kappa shape index (κ2) is 7.72. The van der Waals surface area contributed by atoms with Crippen LogP contribution in [0.2, 0.25) is 0 Å². The molecule has 0 spiro atoms. The maximum absolute atomic E-state index is 12.3. The number of para-hydroxylation sites is 1. The second-order valence-corrected chi connectivity index (χ2v) is 8.10. The third-order valence-electron chi connectivity index (χ3n) is 4.98. The van der Waals surface area contributed by atoms with Crippen LogP contribution in [-0.2, 0) is 22.6 Å². The molecule has 0 atom stereocenters. The lowest BCUT2D eigenvalue weighted by atomic mass is 10.0. The van der Waals surface area contributed by atoms with Crippen molar-refractivity contribution in [2.24, 2.45) is 0 Å². The van der Waals surface area contributed by atoms with Crippen LogP contribution in [0.1, 0.15) is 17.0 Å². The zero-order valence-electron chi connectivity index (χ0n) is 16.0. The van der Waals surface area contributed by atoms with E-state index >= 15 is 0 Å². The van der Waals surface area contributed by atoms with Gasteiger partial charge in [-0.05, 0) is 29.0 Å². The molecule has 5 rings (SSSR count). The lowest BCUT2D eigenvalue weighted by Crippen LogP contribution is -2.08. The number of aryl methyl sites for hydroxylation is 1. The Balaban J connectivity index is 1.34. The summed E-state index contributed by atoms with van der Waals surface area (Å²) in [5.74, 6) is -0.323. The number of rotatable bonds is 5. The quantitative estimate of drug-likeness (QED) is 0.223. The van der Waals surface area contributed by atoms with Crippen molar-refractivity contribution in [1.82, 2.24) is 4.98 Å². The van der Waals surface area contributed by atoms with Crippen molar-refractivity contribution < 1.29 is 13.9 Å². The molecule has 0 radical (unpaired) electrons. The number of esters is 1. The number of carbonyl (C=O) groups excluding carboxylic acids is 1. The number of hydrogen-bond acceptors (Lipinski definition) is 6. The van der Waals surface area contributed by atoms with Crippen molar-refractivity contribution in [3.05, 3.63) is 87.7 Å². The predicted molar refractivity (Wildman–Crippen MR) is 118 cm³/mol. The summed E-state index contributed by atoms with van der Waals surface area (Å²) in [6, 6.07) is 20.8. The summed E-state index contributed by atoms with van der Waals surface area (Å²) in [7, 11) is 0. The van der Waals surface area contributed by atoms with Crippen molar-refractivity contribution in [3.8, 4) is 0 Å². The Kier molecular flexibility index (Phi) is 4.77. The summed E-state index contributed by atoms with van der Waals surface area (Å²) in [5, 5.41) is 3.69. The number of hydrogen-bond donors (Lipinski definition) is 0. The first-order valence-electron chi connectivity index (χ1n) is 9.62. The molecule has 0 unspecified atom stereocenters. The van der Waals surface area contributed by atoms with E-state index in [1.165, 1.54) is 6.07 Å². The molecular formula is C24H17NO4S. The second-order valence-electron chi connectivity index (χ2n) is 6.99. The molecule has 0 aliphatic heterocycles. The summed E-state index contributed by atoms with van der Waals surface area (Å²) in [4.78, 5) is 28.9. The number of fused-ring (bicyclic) bond motifs is 4. The molecular weight excluding hydrogens is 398 g/mol. The summed E-state index contributed by atoms with van der Waals surface area (Å²) in [6.45, 7) is 0.0226. The molecule has 148 valence electrons. The highest BCUT2D eigenvalue weighted by Crippen LogP contribution is 2.28. The van der Waals surface area contributed by atoms with Crippen LogP contribution in [0.3, 0.4) is 0 Å². The number of nitrogens with zero attached hydrogens (tertiary/aromatic N) is 1. The molecule has 5 aromatic rings. The van der Waals surface area contributed by atoms with Crippen molar-refractivity contribution in [2.75, 3.05) is 0 Å². The van der Waals surface area contributed by atoms with Crippen molar-refractivity contribution in [2.45, 2.75) is 19.4 Å². The minimum absolute atomic E-state index is 0.0226. The van der Waals surface area contributed by atoms with Gasteiger partial charge in [-0.3, -0.25) is 4.79 Å². The van der Waals surface area contributed by atoms with Crippen LogP contribution in [-0.4, -0.2) is 11.0 Å². The standard InChI is InChI=1S/C24H17NO4S/c26-22(12-11-21-25-18-7-3-4-8-20(18)30-21)28-14-16-13-23(27)29-19-10-9-15-5-1-2-6-17(15)24(16)19/h1-10,13H,11-12,14H2. The Hall–Kier alpha value is -3.51. The SMILES string of the molecule is O=C(CCc1nc2ccccc2s1)OCc1cc(=O)oc2ccc3ccccc3c12. The lowest BCUT2D eigenvalue weighted by molar-refractivity contribution is -0.144. The van der Waals surface area contributed by atoms with Crippen LogP contribution in [0, 0.1) is 0 Å². The Morgan fingerprint density at radius 3 is 2.77 bits per heavy atom. The summed E-state index contributed by atoms with van der Waals surface area (Å²) < 4.78 is 11.9. The number of ether oxygens (including phenoxy) is 1. The molecule has 0 amide bonds. The fraction of sp³-hybridized carbons (Fsp3) is 0.125. The molecule has 0 aliphatic carbocycles. The summed E-state index contributed by atoms with van der Waals surface area (Å²) in [5.41, 5.74) is 1.62. The third-order valence-corrected chi connectivity index (χ3v) is 6.08. The van der Waals surface area contributed by atoms with Crippen LogP contribution in [0.5, 0.6) is 0 Å². The molecule has 5 nitrogen and oxygen atoms in total. The van der Waals surface area contributed by atoms with Gasteiger partial charge in [0.15, 0.2) is 0 Å². The largest absolute Gasteiger partial charge is 0.461 e. The molecule has 30 heavy (non-hydrogen) atoms. The first-order chi connectivity index (χ1) is 14.7. The van der Waals surface area contributed by atoms with Gasteiger partial charge < -0.3 is 9.15 Å². The first-order valence-corrected chi connectivity index (χ1v) is 10.4. The van der Waals surface area contributed by atoms with Crippen LogP contribution >= 0.6 is 11.3 Å². The van der Waals surface area contributed by atoms with E-state index in [0.29, 0.717) is 17.6 Å². The summed E-state index contributed by atoms with van der Waals surface area (Å²) in [6.07, 6.45) is 0.763. The zero-order chi connectivity index (χ0) is 20.5. The van der Waals surface area contributed by atoms with Gasteiger partial charge in [0.25, 0.3) is 0 Å². The Morgan fingerprint density at radius 1 is 1.03 bits per heavy atom. The Morgan fingerprint density at radius 2 is 1.87 bits per heavy atom. The number of benzene rings is 3. The van der Waals surface area contributed by atoms with Gasteiger partial charge in [-0.25, -0.2) is 9.78 Å². The van der Waals surface area contributed by atoms with Gasteiger partial charge in [-0.2, -0.15) is 0 Å². The molecule has 0 fully saturated rings. The van der Waals surface area contributed by atoms with E-state index in [1.807, 2.05) is 54.6 Å². The number of thiazole rings is 1. The molecule has 3 aromatic carbocycles. The van der Waals surface area contributed by atoms with Gasteiger partial charge >= 0.3 is 11.6 Å². The number of carbonyl (C=O) groups is 1. The van der Waals surface area contributed by atoms with Crippen molar-refractivity contribution >= 4 is 49.3 Å². The zero-order valence-corrected chi connectivity index (χ0v) is 16.8. The fourth-order valence-electron chi connectivity index (χ4n) is 3.60. The minimum atomic E-state index is -0.460. The highest BCUT2D eigenvalue weighted by atomic mass is 32.1. The molecule has 2 aromatic heterocycles. The van der Waals surface area contributed by atoms with Gasteiger partial charge in [0.2, 0.25) is 0 Å². The molecule has 0 saturated heterocycles. The maximum Gasteiger partial charge on any atom is 0.336 e. The van der Waals surface area contributed by atoms with E-state index < -0.39 is 5.63 Å². The fourth-order valence-corrected chi connectivity index (χ4v) is 4.57. The van der Waals surface area contributed by atoms with Crippen molar-refractivity contribution in [3.63, 3.8) is 0 Å². The van der Waals surface area contributed by atoms with Crippen molar-refractivity contribution in [1.29, 1.82) is 0 Å². The Bertz CT molecular complexity index is 1420.